The summed E-state index contributed by atoms with van der Waals surface area (Å²) in [6.45, 7) is 8.58. The van der Waals surface area contributed by atoms with Gasteiger partial charge in [0.1, 0.15) is 0 Å². The van der Waals surface area contributed by atoms with Crippen molar-refractivity contribution < 1.29 is 4.74 Å². The van der Waals surface area contributed by atoms with Crippen LogP contribution in [0.25, 0.3) is 0 Å². The Labute approximate surface area is 80.5 Å². The number of rotatable bonds is 1. The molecule has 2 rings (SSSR count). The van der Waals surface area contributed by atoms with Gasteiger partial charge in [-0.15, -0.1) is 0 Å². The van der Waals surface area contributed by atoms with Crippen molar-refractivity contribution >= 4 is 0 Å². The highest BCUT2D eigenvalue weighted by Gasteiger charge is 2.39. The van der Waals surface area contributed by atoms with Crippen LogP contribution in [0.4, 0.5) is 0 Å². The van der Waals surface area contributed by atoms with Crippen molar-refractivity contribution in [2.45, 2.75) is 39.4 Å². The molecule has 0 spiro atoms. The molecule has 2 aliphatic rings. The zero-order valence-electron chi connectivity index (χ0n) is 8.87. The maximum atomic E-state index is 6.04. The SMILES string of the molecule is CC1=C[C@H]2C=C[C@@H]1[C@H]2OC(C)(C)C. The largest absolute Gasteiger partial charge is 0.371 e. The first kappa shape index (κ1) is 9.01. The third-order valence-corrected chi connectivity index (χ3v) is 2.74. The van der Waals surface area contributed by atoms with Gasteiger partial charge in [-0.25, -0.2) is 0 Å². The van der Waals surface area contributed by atoms with Crippen molar-refractivity contribution in [3.63, 3.8) is 0 Å². The van der Waals surface area contributed by atoms with E-state index in [2.05, 4.69) is 45.9 Å². The normalized spacial score (nSPS) is 36.9. The Morgan fingerprint density at radius 1 is 1.23 bits per heavy atom. The van der Waals surface area contributed by atoms with Crippen LogP contribution in [0, 0.1) is 11.8 Å². The molecular weight excluding hydrogens is 160 g/mol. The Morgan fingerprint density at radius 2 is 1.92 bits per heavy atom. The van der Waals surface area contributed by atoms with Crippen LogP contribution in [0.5, 0.6) is 0 Å². The number of ether oxygens (including phenoxy) is 1. The number of fused-ring (bicyclic) bond motifs is 2. The van der Waals surface area contributed by atoms with Crippen molar-refractivity contribution in [2.24, 2.45) is 11.8 Å². The number of hydrogen-bond acceptors (Lipinski definition) is 1. The summed E-state index contributed by atoms with van der Waals surface area (Å²) in [5, 5.41) is 0. The topological polar surface area (TPSA) is 9.23 Å². The standard InChI is InChI=1S/C12H18O/c1-8-7-9-5-6-10(8)11(9)13-12(2,3)4/h5-7,9-11H,1-4H3/t9-,10+,11+/m1/s1. The number of hydrogen-bond donors (Lipinski definition) is 0. The third kappa shape index (κ3) is 1.58. The van der Waals surface area contributed by atoms with Crippen LogP contribution in [0.1, 0.15) is 27.7 Å². The molecule has 0 saturated heterocycles. The summed E-state index contributed by atoms with van der Waals surface area (Å²) in [6, 6.07) is 0. The molecule has 0 fully saturated rings. The summed E-state index contributed by atoms with van der Waals surface area (Å²) in [7, 11) is 0. The summed E-state index contributed by atoms with van der Waals surface area (Å²) in [5.41, 5.74) is 1.45. The molecule has 2 bridgehead atoms. The quantitative estimate of drug-likeness (QED) is 0.561. The molecule has 0 saturated carbocycles. The van der Waals surface area contributed by atoms with Crippen molar-refractivity contribution in [3.05, 3.63) is 23.8 Å². The van der Waals surface area contributed by atoms with Gasteiger partial charge in [-0.1, -0.05) is 23.8 Å². The average molecular weight is 178 g/mol. The van der Waals surface area contributed by atoms with E-state index >= 15 is 0 Å². The summed E-state index contributed by atoms with van der Waals surface area (Å²) < 4.78 is 6.04. The van der Waals surface area contributed by atoms with Gasteiger partial charge in [0, 0.05) is 11.8 Å². The molecule has 0 aromatic rings. The first-order valence-corrected chi connectivity index (χ1v) is 5.02. The van der Waals surface area contributed by atoms with Gasteiger partial charge >= 0.3 is 0 Å². The van der Waals surface area contributed by atoms with Crippen molar-refractivity contribution in [3.8, 4) is 0 Å². The highest BCUT2D eigenvalue weighted by Crippen LogP contribution is 2.41. The Kier molecular flexibility index (Phi) is 1.88. The van der Waals surface area contributed by atoms with E-state index in [1.165, 1.54) is 5.57 Å². The lowest BCUT2D eigenvalue weighted by Crippen LogP contribution is -2.31. The van der Waals surface area contributed by atoms with E-state index < -0.39 is 0 Å². The van der Waals surface area contributed by atoms with Crippen LogP contribution in [-0.2, 0) is 4.74 Å². The molecule has 0 aliphatic heterocycles. The highest BCUT2D eigenvalue weighted by atomic mass is 16.5. The maximum Gasteiger partial charge on any atom is 0.0778 e. The molecule has 13 heavy (non-hydrogen) atoms. The zero-order chi connectivity index (χ0) is 9.64. The first-order chi connectivity index (χ1) is 5.97. The molecule has 0 unspecified atom stereocenters. The average Bonchev–Trinajstić information content (AvgIpc) is 2.42. The minimum atomic E-state index is -0.0222. The Morgan fingerprint density at radius 3 is 2.31 bits per heavy atom. The lowest BCUT2D eigenvalue weighted by molar-refractivity contribution is -0.0727. The van der Waals surface area contributed by atoms with E-state index in [4.69, 9.17) is 4.74 Å². The van der Waals surface area contributed by atoms with Gasteiger partial charge in [-0.3, -0.25) is 0 Å². The lowest BCUT2D eigenvalue weighted by atomic mass is 10.0. The second-order valence-corrected chi connectivity index (χ2v) is 5.09. The van der Waals surface area contributed by atoms with Crippen LogP contribution in [0.3, 0.4) is 0 Å². The Bertz CT molecular complexity index is 267. The van der Waals surface area contributed by atoms with Crippen LogP contribution in [-0.4, -0.2) is 11.7 Å². The lowest BCUT2D eigenvalue weighted by Gasteiger charge is -2.28. The maximum absolute atomic E-state index is 6.04. The van der Waals surface area contributed by atoms with Crippen molar-refractivity contribution in [1.29, 1.82) is 0 Å². The van der Waals surface area contributed by atoms with Gasteiger partial charge in [0.25, 0.3) is 0 Å². The molecule has 1 heteroatoms. The molecule has 0 heterocycles. The summed E-state index contributed by atoms with van der Waals surface area (Å²) in [5.74, 6) is 1.08. The summed E-state index contributed by atoms with van der Waals surface area (Å²) in [6.07, 6.45) is 7.27. The van der Waals surface area contributed by atoms with Crippen LogP contribution >= 0.6 is 0 Å². The van der Waals surface area contributed by atoms with E-state index in [1.54, 1.807) is 0 Å². The van der Waals surface area contributed by atoms with E-state index in [0.29, 0.717) is 17.9 Å². The van der Waals surface area contributed by atoms with E-state index in [-0.39, 0.29) is 5.60 Å². The summed E-state index contributed by atoms with van der Waals surface area (Å²) in [4.78, 5) is 0. The Hall–Kier alpha value is -0.560. The zero-order valence-corrected chi connectivity index (χ0v) is 8.87. The van der Waals surface area contributed by atoms with Gasteiger partial charge in [-0.2, -0.15) is 0 Å². The van der Waals surface area contributed by atoms with Gasteiger partial charge in [0.2, 0.25) is 0 Å². The first-order valence-electron chi connectivity index (χ1n) is 5.02. The van der Waals surface area contributed by atoms with Gasteiger partial charge in [-0.05, 0) is 27.7 Å². The van der Waals surface area contributed by atoms with E-state index in [0.717, 1.165) is 0 Å². The fourth-order valence-electron chi connectivity index (χ4n) is 2.24. The fourth-order valence-corrected chi connectivity index (χ4v) is 2.24. The fraction of sp³-hybridized carbons (Fsp3) is 0.667. The molecule has 2 aliphatic carbocycles. The predicted octanol–water partition coefficient (Wildman–Crippen LogP) is 2.93. The smallest absolute Gasteiger partial charge is 0.0778 e. The summed E-state index contributed by atoms with van der Waals surface area (Å²) >= 11 is 0. The third-order valence-electron chi connectivity index (χ3n) is 2.74. The molecule has 72 valence electrons. The Balaban J connectivity index is 2.07. The minimum absolute atomic E-state index is 0.0222. The second kappa shape index (κ2) is 2.71. The molecule has 3 atom stereocenters. The molecule has 0 aromatic carbocycles. The van der Waals surface area contributed by atoms with E-state index in [1.807, 2.05) is 0 Å². The van der Waals surface area contributed by atoms with E-state index in [9.17, 15) is 0 Å². The van der Waals surface area contributed by atoms with Crippen LogP contribution in [0.15, 0.2) is 23.8 Å². The molecule has 0 aromatic heterocycles. The molecule has 1 nitrogen and oxygen atoms in total. The molecule has 0 N–H and O–H groups in total. The van der Waals surface area contributed by atoms with Crippen LogP contribution in [0.2, 0.25) is 0 Å². The second-order valence-electron chi connectivity index (χ2n) is 5.09. The molecule has 0 radical (unpaired) electrons. The molecule has 0 amide bonds. The van der Waals surface area contributed by atoms with Gasteiger partial charge in [0.05, 0.1) is 11.7 Å². The van der Waals surface area contributed by atoms with Gasteiger partial charge in [0.15, 0.2) is 0 Å². The predicted molar refractivity (Wildman–Crippen MR) is 54.5 cm³/mol. The highest BCUT2D eigenvalue weighted by molar-refractivity contribution is 5.32. The molecular formula is C12H18O. The minimum Gasteiger partial charge on any atom is -0.371 e. The van der Waals surface area contributed by atoms with Crippen molar-refractivity contribution in [1.82, 2.24) is 0 Å². The van der Waals surface area contributed by atoms with Crippen LogP contribution < -0.4 is 0 Å². The van der Waals surface area contributed by atoms with Crippen molar-refractivity contribution in [2.75, 3.05) is 0 Å². The monoisotopic (exact) mass is 178 g/mol. The van der Waals surface area contributed by atoms with Gasteiger partial charge < -0.3 is 4.74 Å².